The van der Waals surface area contributed by atoms with Crippen LogP contribution in [0.5, 0.6) is 0 Å². The van der Waals surface area contributed by atoms with E-state index >= 15 is 0 Å². The first-order valence-corrected chi connectivity index (χ1v) is 6.17. The molecule has 0 aliphatic rings. The smallest absolute Gasteiger partial charge is 0.231 e. The van der Waals surface area contributed by atoms with Crippen LogP contribution >= 0.6 is 0 Å². The molecule has 1 rings (SSSR count). The van der Waals surface area contributed by atoms with E-state index in [0.717, 1.165) is 29.5 Å². The van der Waals surface area contributed by atoms with Crippen molar-refractivity contribution in [2.45, 2.75) is 33.6 Å². The van der Waals surface area contributed by atoms with Crippen LogP contribution < -0.4 is 0 Å². The summed E-state index contributed by atoms with van der Waals surface area (Å²) in [7, 11) is 0. The zero-order valence-electron chi connectivity index (χ0n) is 11.2. The Balaban J connectivity index is 3.32. The van der Waals surface area contributed by atoms with Gasteiger partial charge >= 0.3 is 0 Å². The van der Waals surface area contributed by atoms with Gasteiger partial charge in [0, 0.05) is 5.56 Å². The lowest BCUT2D eigenvalue weighted by molar-refractivity contribution is -0.113. The van der Waals surface area contributed by atoms with Crippen molar-refractivity contribution in [2.24, 2.45) is 4.99 Å². The summed E-state index contributed by atoms with van der Waals surface area (Å²) in [6.45, 7) is 9.09. The van der Waals surface area contributed by atoms with Gasteiger partial charge in [0.2, 0.25) is 11.6 Å². The van der Waals surface area contributed by atoms with Crippen molar-refractivity contribution < 1.29 is 9.59 Å². The molecule has 0 radical (unpaired) electrons. The maximum Gasteiger partial charge on any atom is 0.231 e. The lowest BCUT2D eigenvalue weighted by Gasteiger charge is -2.12. The molecule has 0 unspecified atom stereocenters. The van der Waals surface area contributed by atoms with E-state index in [1.807, 2.05) is 32.9 Å². The highest BCUT2D eigenvalue weighted by Gasteiger charge is 2.21. The summed E-state index contributed by atoms with van der Waals surface area (Å²) in [5.41, 5.74) is 3.57. The van der Waals surface area contributed by atoms with Crippen LogP contribution in [0.1, 0.15) is 40.9 Å². The summed E-state index contributed by atoms with van der Waals surface area (Å²) in [6.07, 6.45) is 1.48. The zero-order valence-corrected chi connectivity index (χ0v) is 11.2. The van der Waals surface area contributed by atoms with Crippen LogP contribution in [0.4, 0.5) is 0 Å². The molecule has 0 aliphatic heterocycles. The topological polar surface area (TPSA) is 46.5 Å². The van der Waals surface area contributed by atoms with Gasteiger partial charge in [-0.3, -0.25) is 14.6 Å². The zero-order chi connectivity index (χ0) is 13.7. The van der Waals surface area contributed by atoms with E-state index in [4.69, 9.17) is 0 Å². The first kappa shape index (κ1) is 14.3. The molecule has 0 saturated heterocycles. The number of Topliss-reactive ketones (excluding diaryl/α,β-unsaturated/α-hetero) is 2. The van der Waals surface area contributed by atoms with Gasteiger partial charge < -0.3 is 0 Å². The molecular weight excluding hydrogens is 226 g/mol. The molecule has 96 valence electrons. The van der Waals surface area contributed by atoms with E-state index in [-0.39, 0.29) is 6.54 Å². The van der Waals surface area contributed by atoms with Crippen molar-refractivity contribution in [3.05, 3.63) is 34.4 Å². The minimum absolute atomic E-state index is 0.140. The summed E-state index contributed by atoms with van der Waals surface area (Å²) >= 11 is 0. The third-order valence-electron chi connectivity index (χ3n) is 2.94. The third-order valence-corrected chi connectivity index (χ3v) is 2.94. The molecule has 1 aromatic rings. The van der Waals surface area contributed by atoms with Crippen LogP contribution in [0.15, 0.2) is 17.1 Å². The number of carbonyl (C=O) groups is 2. The fraction of sp³-hybridized carbons (Fsp3) is 0.400. The summed E-state index contributed by atoms with van der Waals surface area (Å²) in [5.74, 6) is -0.922. The fourth-order valence-corrected chi connectivity index (χ4v) is 2.10. The summed E-state index contributed by atoms with van der Waals surface area (Å²) in [6, 6.07) is 3.95. The van der Waals surface area contributed by atoms with E-state index in [1.54, 1.807) is 0 Å². The van der Waals surface area contributed by atoms with Crippen LogP contribution in [0.2, 0.25) is 0 Å². The molecule has 0 amide bonds. The van der Waals surface area contributed by atoms with Crippen LogP contribution in [0.3, 0.4) is 0 Å². The number of carbonyl (C=O) groups excluding carboxylic acids is 2. The van der Waals surface area contributed by atoms with Crippen LogP contribution in [0.25, 0.3) is 0 Å². The Morgan fingerprint density at radius 1 is 1.17 bits per heavy atom. The van der Waals surface area contributed by atoms with Crippen LogP contribution in [-0.2, 0) is 17.6 Å². The number of hydrogen-bond acceptors (Lipinski definition) is 3. The molecule has 3 nitrogen and oxygen atoms in total. The van der Waals surface area contributed by atoms with Crippen molar-refractivity contribution in [1.29, 1.82) is 0 Å². The Hall–Kier alpha value is -1.77. The highest BCUT2D eigenvalue weighted by Crippen LogP contribution is 2.20. The lowest BCUT2D eigenvalue weighted by Crippen LogP contribution is -2.20. The maximum absolute atomic E-state index is 12.2. The van der Waals surface area contributed by atoms with Gasteiger partial charge in [-0.1, -0.05) is 31.5 Å². The quantitative estimate of drug-likeness (QED) is 0.439. The third kappa shape index (κ3) is 2.92. The molecule has 3 heteroatoms. The molecule has 0 spiro atoms. The molecule has 0 saturated carbocycles. The second-order valence-corrected chi connectivity index (χ2v) is 4.30. The van der Waals surface area contributed by atoms with E-state index in [2.05, 4.69) is 11.7 Å². The molecular formula is C15H19NO2. The molecule has 18 heavy (non-hydrogen) atoms. The largest absolute Gasteiger partial charge is 0.293 e. The molecule has 0 fully saturated rings. The molecule has 0 heterocycles. The van der Waals surface area contributed by atoms with Crippen LogP contribution in [0, 0.1) is 6.92 Å². The van der Waals surface area contributed by atoms with E-state index < -0.39 is 11.6 Å². The molecule has 1 aromatic carbocycles. The minimum Gasteiger partial charge on any atom is -0.293 e. The van der Waals surface area contributed by atoms with Gasteiger partial charge in [0.15, 0.2) is 0 Å². The van der Waals surface area contributed by atoms with E-state index in [0.29, 0.717) is 5.56 Å². The van der Waals surface area contributed by atoms with Crippen molar-refractivity contribution in [2.75, 3.05) is 6.54 Å². The first-order chi connectivity index (χ1) is 8.54. The second kappa shape index (κ2) is 6.24. The van der Waals surface area contributed by atoms with E-state index in [1.165, 1.54) is 0 Å². The van der Waals surface area contributed by atoms with E-state index in [9.17, 15) is 9.59 Å². The standard InChI is InChI=1S/C15H19NO2/c1-5-11-7-10(3)8-12(6-2)14(11)15(18)13(17)9-16-4/h7-8H,4-6,9H2,1-3H3. The van der Waals surface area contributed by atoms with Crippen LogP contribution in [-0.4, -0.2) is 24.8 Å². The van der Waals surface area contributed by atoms with Gasteiger partial charge in [0.25, 0.3) is 0 Å². The van der Waals surface area contributed by atoms with Crippen molar-refractivity contribution >= 4 is 18.3 Å². The van der Waals surface area contributed by atoms with Crippen molar-refractivity contribution in [3.63, 3.8) is 0 Å². The van der Waals surface area contributed by atoms with Gasteiger partial charge in [-0.2, -0.15) is 0 Å². The number of aryl methyl sites for hydroxylation is 3. The summed E-state index contributed by atoms with van der Waals surface area (Å²) in [5, 5.41) is 0. The first-order valence-electron chi connectivity index (χ1n) is 6.17. The Morgan fingerprint density at radius 3 is 2.06 bits per heavy atom. The average Bonchev–Trinajstić information content (AvgIpc) is 2.36. The summed E-state index contributed by atoms with van der Waals surface area (Å²) < 4.78 is 0. The number of benzene rings is 1. The number of ketones is 2. The van der Waals surface area contributed by atoms with Gasteiger partial charge in [0.1, 0.15) is 6.54 Å². The molecule has 0 aliphatic carbocycles. The summed E-state index contributed by atoms with van der Waals surface area (Å²) in [4.78, 5) is 27.3. The normalized spacial score (nSPS) is 10.2. The molecule has 0 N–H and O–H groups in total. The SMILES string of the molecule is C=NCC(=O)C(=O)c1c(CC)cc(C)cc1CC. The predicted molar refractivity (Wildman–Crippen MR) is 73.7 cm³/mol. The highest BCUT2D eigenvalue weighted by atomic mass is 16.2. The highest BCUT2D eigenvalue weighted by molar-refractivity contribution is 6.45. The van der Waals surface area contributed by atoms with Gasteiger partial charge in [-0.05, 0) is 37.6 Å². The molecule has 0 atom stereocenters. The Labute approximate surface area is 108 Å². The van der Waals surface area contributed by atoms with Crippen molar-refractivity contribution in [3.8, 4) is 0 Å². The molecule has 0 bridgehead atoms. The monoisotopic (exact) mass is 245 g/mol. The predicted octanol–water partition coefficient (Wildman–Crippen LogP) is 2.57. The lowest BCUT2D eigenvalue weighted by atomic mass is 9.91. The number of rotatable bonds is 6. The molecule has 0 aromatic heterocycles. The Morgan fingerprint density at radius 2 is 1.67 bits per heavy atom. The fourth-order valence-electron chi connectivity index (χ4n) is 2.10. The number of aliphatic imine (C=N–C) groups is 1. The van der Waals surface area contributed by atoms with Gasteiger partial charge in [-0.25, -0.2) is 0 Å². The van der Waals surface area contributed by atoms with Crippen molar-refractivity contribution in [1.82, 2.24) is 0 Å². The number of nitrogens with zero attached hydrogens (tertiary/aromatic N) is 1. The average molecular weight is 245 g/mol. The Bertz CT molecular complexity index is 464. The minimum atomic E-state index is -0.488. The maximum atomic E-state index is 12.2. The second-order valence-electron chi connectivity index (χ2n) is 4.30. The Kier molecular flexibility index (Phi) is 4.95. The number of hydrogen-bond donors (Lipinski definition) is 0. The van der Waals surface area contributed by atoms with Gasteiger partial charge in [-0.15, -0.1) is 0 Å². The van der Waals surface area contributed by atoms with Gasteiger partial charge in [0.05, 0.1) is 0 Å².